The minimum atomic E-state index is -0.287. The number of carbonyl (C=O) groups excluding carboxylic acids is 1. The number of para-hydroxylation sites is 2. The number of rotatable bonds is 7. The van der Waals surface area contributed by atoms with Crippen molar-refractivity contribution in [2.24, 2.45) is 0 Å². The van der Waals surface area contributed by atoms with Crippen molar-refractivity contribution in [1.29, 1.82) is 0 Å². The second kappa shape index (κ2) is 9.38. The van der Waals surface area contributed by atoms with E-state index in [1.165, 1.54) is 6.07 Å². The molecule has 0 unspecified atom stereocenters. The smallest absolute Gasteiger partial charge is 0.251 e. The lowest BCUT2D eigenvalue weighted by Gasteiger charge is -2.08. The van der Waals surface area contributed by atoms with Crippen LogP contribution < -0.4 is 15.6 Å². The minimum Gasteiger partial charge on any atom is -0.487 e. The van der Waals surface area contributed by atoms with Crippen LogP contribution in [0.5, 0.6) is 5.75 Å². The van der Waals surface area contributed by atoms with Crippen LogP contribution in [-0.4, -0.2) is 21.6 Å². The van der Waals surface area contributed by atoms with Gasteiger partial charge in [-0.1, -0.05) is 42.1 Å². The Labute approximate surface area is 168 Å². The maximum Gasteiger partial charge on any atom is 0.251 e. The number of hydrogen-bond acceptors (Lipinski definition) is 5. The van der Waals surface area contributed by atoms with Crippen LogP contribution in [0.15, 0.2) is 75.1 Å². The van der Waals surface area contributed by atoms with Crippen molar-refractivity contribution in [1.82, 2.24) is 9.97 Å². The maximum absolute atomic E-state index is 12.1. The number of hydrogen-bond donors (Lipinski definition) is 2. The topological polar surface area (TPSA) is 84.1 Å². The number of thioether (sulfide) groups is 1. The van der Waals surface area contributed by atoms with Gasteiger partial charge >= 0.3 is 0 Å². The van der Waals surface area contributed by atoms with Crippen molar-refractivity contribution >= 4 is 39.3 Å². The molecule has 138 valence electrons. The van der Waals surface area contributed by atoms with Crippen LogP contribution in [0.25, 0.3) is 0 Å². The fraction of sp³-hybridized carbons (Fsp3) is 0.105. The van der Waals surface area contributed by atoms with Gasteiger partial charge in [0.1, 0.15) is 12.4 Å². The van der Waals surface area contributed by atoms with Gasteiger partial charge in [-0.2, -0.15) is 0 Å². The number of amides is 1. The summed E-state index contributed by atoms with van der Waals surface area (Å²) >= 11 is 4.54. The molecule has 0 aliphatic heterocycles. The van der Waals surface area contributed by atoms with Gasteiger partial charge in [-0.05, 0) is 40.2 Å². The predicted molar refractivity (Wildman–Crippen MR) is 109 cm³/mol. The fourth-order valence-electron chi connectivity index (χ4n) is 2.18. The monoisotopic (exact) mass is 445 g/mol. The van der Waals surface area contributed by atoms with Crippen molar-refractivity contribution in [3.63, 3.8) is 0 Å². The normalized spacial score (nSPS) is 10.4. The molecular formula is C19H16BrN3O3S. The van der Waals surface area contributed by atoms with E-state index in [-0.39, 0.29) is 23.8 Å². The van der Waals surface area contributed by atoms with E-state index < -0.39 is 0 Å². The van der Waals surface area contributed by atoms with Gasteiger partial charge in [0.15, 0.2) is 5.16 Å². The molecule has 2 N–H and O–H groups in total. The van der Waals surface area contributed by atoms with E-state index in [1.54, 1.807) is 6.07 Å². The van der Waals surface area contributed by atoms with E-state index in [0.29, 0.717) is 22.3 Å². The lowest BCUT2D eigenvalue weighted by molar-refractivity contribution is -0.113. The molecule has 27 heavy (non-hydrogen) atoms. The Balaban J connectivity index is 1.58. The van der Waals surface area contributed by atoms with Crippen LogP contribution in [0.1, 0.15) is 5.69 Å². The molecule has 1 amide bonds. The molecule has 1 heterocycles. The van der Waals surface area contributed by atoms with E-state index >= 15 is 0 Å². The Kier molecular flexibility index (Phi) is 6.67. The first-order chi connectivity index (χ1) is 13.1. The first-order valence-corrected chi connectivity index (χ1v) is 9.83. The van der Waals surface area contributed by atoms with Crippen molar-refractivity contribution in [3.05, 3.63) is 81.2 Å². The Hall–Kier alpha value is -2.58. The second-order valence-electron chi connectivity index (χ2n) is 5.46. The molecule has 0 saturated carbocycles. The molecule has 0 saturated heterocycles. The van der Waals surface area contributed by atoms with Gasteiger partial charge in [0.2, 0.25) is 5.91 Å². The van der Waals surface area contributed by atoms with Crippen LogP contribution >= 0.6 is 27.7 Å². The maximum atomic E-state index is 12.1. The first kappa shape index (κ1) is 19.2. The summed E-state index contributed by atoms with van der Waals surface area (Å²) < 4.78 is 6.41. The summed E-state index contributed by atoms with van der Waals surface area (Å²) in [4.78, 5) is 30.9. The summed E-state index contributed by atoms with van der Waals surface area (Å²) in [5.41, 5.74) is 0.899. The highest BCUT2D eigenvalue weighted by Crippen LogP contribution is 2.22. The van der Waals surface area contributed by atoms with Gasteiger partial charge in [-0.15, -0.1) is 0 Å². The summed E-state index contributed by atoms with van der Waals surface area (Å²) in [6, 6.07) is 18.0. The van der Waals surface area contributed by atoms with Crippen molar-refractivity contribution < 1.29 is 9.53 Å². The average Bonchev–Trinajstić information content (AvgIpc) is 2.67. The second-order valence-corrected chi connectivity index (χ2v) is 7.28. The first-order valence-electron chi connectivity index (χ1n) is 8.05. The third-order valence-corrected chi connectivity index (χ3v) is 4.96. The van der Waals surface area contributed by atoms with Crippen LogP contribution in [0, 0.1) is 0 Å². The van der Waals surface area contributed by atoms with Gasteiger partial charge in [0.25, 0.3) is 5.56 Å². The highest BCUT2D eigenvalue weighted by atomic mass is 79.9. The van der Waals surface area contributed by atoms with E-state index in [9.17, 15) is 9.59 Å². The summed E-state index contributed by atoms with van der Waals surface area (Å²) in [6.45, 7) is 0.171. The Morgan fingerprint density at radius 3 is 2.67 bits per heavy atom. The van der Waals surface area contributed by atoms with Crippen molar-refractivity contribution in [2.45, 2.75) is 11.8 Å². The Morgan fingerprint density at radius 1 is 1.15 bits per heavy atom. The zero-order valence-corrected chi connectivity index (χ0v) is 16.5. The van der Waals surface area contributed by atoms with Crippen LogP contribution in [0.3, 0.4) is 0 Å². The third kappa shape index (κ3) is 5.97. The zero-order chi connectivity index (χ0) is 19.1. The zero-order valence-electron chi connectivity index (χ0n) is 14.1. The lowest BCUT2D eigenvalue weighted by atomic mass is 10.3. The van der Waals surface area contributed by atoms with Crippen molar-refractivity contribution in [2.75, 3.05) is 11.1 Å². The number of halogens is 1. The SMILES string of the molecule is O=C(CSc1nc(COc2ccccc2)cc(=O)[nH]1)Nc1ccccc1Br. The molecular weight excluding hydrogens is 430 g/mol. The molecule has 2 aromatic carbocycles. The molecule has 1 aromatic heterocycles. The Morgan fingerprint density at radius 2 is 1.89 bits per heavy atom. The van der Waals surface area contributed by atoms with Crippen LogP contribution in [0.2, 0.25) is 0 Å². The number of carbonyl (C=O) groups is 1. The molecule has 3 rings (SSSR count). The van der Waals surface area contributed by atoms with Crippen LogP contribution in [0.4, 0.5) is 5.69 Å². The van der Waals surface area contributed by atoms with Gasteiger partial charge in [0, 0.05) is 10.5 Å². The number of ether oxygens (including phenoxy) is 1. The Bertz CT molecular complexity index is 979. The molecule has 0 radical (unpaired) electrons. The number of benzene rings is 2. The fourth-order valence-corrected chi connectivity index (χ4v) is 3.26. The number of nitrogens with zero attached hydrogens (tertiary/aromatic N) is 1. The summed E-state index contributed by atoms with van der Waals surface area (Å²) in [5.74, 6) is 0.620. The van der Waals surface area contributed by atoms with E-state index in [2.05, 4.69) is 31.2 Å². The highest BCUT2D eigenvalue weighted by Gasteiger charge is 2.09. The number of aromatic amines is 1. The van der Waals surface area contributed by atoms with Gasteiger partial charge in [0.05, 0.1) is 17.1 Å². The molecule has 0 bridgehead atoms. The van der Waals surface area contributed by atoms with E-state index in [4.69, 9.17) is 4.74 Å². The largest absolute Gasteiger partial charge is 0.487 e. The molecule has 3 aromatic rings. The summed E-state index contributed by atoms with van der Waals surface area (Å²) in [7, 11) is 0. The molecule has 0 aliphatic rings. The minimum absolute atomic E-state index is 0.118. The summed E-state index contributed by atoms with van der Waals surface area (Å²) in [6.07, 6.45) is 0. The number of H-pyrrole nitrogens is 1. The van der Waals surface area contributed by atoms with Crippen molar-refractivity contribution in [3.8, 4) is 5.75 Å². The quantitative estimate of drug-likeness (QED) is 0.426. The van der Waals surface area contributed by atoms with E-state index in [1.807, 2.05) is 48.5 Å². The summed E-state index contributed by atoms with van der Waals surface area (Å²) in [5, 5.41) is 3.18. The van der Waals surface area contributed by atoms with Gasteiger partial charge < -0.3 is 15.0 Å². The molecule has 8 heteroatoms. The predicted octanol–water partition coefficient (Wildman–Crippen LogP) is 3.84. The van der Waals surface area contributed by atoms with E-state index in [0.717, 1.165) is 16.2 Å². The van der Waals surface area contributed by atoms with Gasteiger partial charge in [-0.25, -0.2) is 4.98 Å². The standard InChI is InChI=1S/C19H16BrN3O3S/c20-15-8-4-5-9-16(15)22-18(25)12-27-19-21-13(10-17(24)23-19)11-26-14-6-2-1-3-7-14/h1-10H,11-12H2,(H,22,25)(H,21,23,24). The third-order valence-electron chi connectivity index (χ3n) is 3.39. The highest BCUT2D eigenvalue weighted by molar-refractivity contribution is 9.10. The molecule has 0 fully saturated rings. The van der Waals surface area contributed by atoms with Gasteiger partial charge in [-0.3, -0.25) is 9.59 Å². The molecule has 0 atom stereocenters. The van der Waals surface area contributed by atoms with Crippen LogP contribution in [-0.2, 0) is 11.4 Å². The lowest BCUT2D eigenvalue weighted by Crippen LogP contribution is -2.16. The molecule has 6 nitrogen and oxygen atoms in total. The number of aromatic nitrogens is 2. The molecule has 0 aliphatic carbocycles. The number of nitrogens with one attached hydrogen (secondary N) is 2. The average molecular weight is 446 g/mol. The number of anilines is 1. The molecule has 0 spiro atoms.